The Balaban J connectivity index is 1.48. The molecular formula is C27H27Br2N3O4S. The smallest absolute Gasteiger partial charge is 0.276 e. The molecule has 7 nitrogen and oxygen atoms in total. The molecule has 0 aliphatic rings. The van der Waals surface area contributed by atoms with Crippen LogP contribution in [-0.2, 0) is 11.2 Å². The van der Waals surface area contributed by atoms with Gasteiger partial charge in [-0.2, -0.15) is 0 Å². The zero-order chi connectivity index (χ0) is 26.8. The van der Waals surface area contributed by atoms with Crippen LogP contribution in [-0.4, -0.2) is 30.1 Å². The third-order valence-electron chi connectivity index (χ3n) is 5.20. The van der Waals surface area contributed by atoms with E-state index >= 15 is 0 Å². The van der Waals surface area contributed by atoms with E-state index in [1.165, 1.54) is 0 Å². The molecule has 0 aliphatic carbocycles. The summed E-state index contributed by atoms with van der Waals surface area (Å²) < 4.78 is 12.9. The Morgan fingerprint density at radius 2 is 1.65 bits per heavy atom. The van der Waals surface area contributed by atoms with Crippen LogP contribution in [0.25, 0.3) is 0 Å². The van der Waals surface area contributed by atoms with Crippen molar-refractivity contribution in [3.63, 3.8) is 0 Å². The number of hydrogen-bond donors (Lipinski definition) is 3. The lowest BCUT2D eigenvalue weighted by Gasteiger charge is -2.14. The number of thiocarbonyl (C=S) groups is 1. The molecule has 0 spiro atoms. The van der Waals surface area contributed by atoms with E-state index in [1.807, 2.05) is 48.5 Å². The predicted molar refractivity (Wildman–Crippen MR) is 155 cm³/mol. The normalized spacial score (nSPS) is 10.5. The van der Waals surface area contributed by atoms with Gasteiger partial charge in [0.15, 0.2) is 11.7 Å². The predicted octanol–water partition coefficient (Wildman–Crippen LogP) is 5.67. The molecule has 0 aliphatic heterocycles. The van der Waals surface area contributed by atoms with E-state index < -0.39 is 11.8 Å². The molecule has 0 heterocycles. The molecule has 0 fully saturated rings. The zero-order valence-electron chi connectivity index (χ0n) is 20.3. The molecule has 0 saturated heterocycles. The van der Waals surface area contributed by atoms with Crippen LogP contribution in [0.5, 0.6) is 11.5 Å². The number of carbonyl (C=O) groups excluding carboxylic acids is 2. The number of halogens is 2. The summed E-state index contributed by atoms with van der Waals surface area (Å²) in [6.45, 7) is 4.36. The summed E-state index contributed by atoms with van der Waals surface area (Å²) >= 11 is 12.0. The first-order valence-corrected chi connectivity index (χ1v) is 13.5. The van der Waals surface area contributed by atoms with Crippen LogP contribution in [0, 0.1) is 0 Å². The van der Waals surface area contributed by atoms with E-state index in [-0.39, 0.29) is 11.7 Å². The average molecular weight is 649 g/mol. The van der Waals surface area contributed by atoms with Crippen molar-refractivity contribution >= 4 is 61.0 Å². The lowest BCUT2D eigenvalue weighted by atomic mass is 10.0. The fourth-order valence-corrected chi connectivity index (χ4v) is 4.25. The van der Waals surface area contributed by atoms with Crippen molar-refractivity contribution in [3.8, 4) is 11.5 Å². The highest BCUT2D eigenvalue weighted by Gasteiger charge is 2.16. The third kappa shape index (κ3) is 9.14. The second-order valence-electron chi connectivity index (χ2n) is 8.31. The van der Waals surface area contributed by atoms with Crippen LogP contribution in [0.2, 0.25) is 0 Å². The number of rotatable bonds is 9. The van der Waals surface area contributed by atoms with Gasteiger partial charge in [-0.25, -0.2) is 0 Å². The van der Waals surface area contributed by atoms with Crippen LogP contribution >= 0.6 is 44.1 Å². The van der Waals surface area contributed by atoms with Gasteiger partial charge in [0.25, 0.3) is 11.8 Å². The second-order valence-corrected chi connectivity index (χ2v) is 10.5. The number of hydrazine groups is 1. The molecule has 0 bridgehead atoms. The molecule has 2 amide bonds. The summed E-state index contributed by atoms with van der Waals surface area (Å²) in [6, 6.07) is 20.8. The van der Waals surface area contributed by atoms with Crippen LogP contribution in [0.15, 0.2) is 75.7 Å². The minimum absolute atomic E-state index is 0.0731. The Bertz CT molecular complexity index is 1260. The minimum Gasteiger partial charge on any atom is -0.492 e. The Morgan fingerprint density at radius 3 is 2.35 bits per heavy atom. The van der Waals surface area contributed by atoms with Crippen LogP contribution in [0.3, 0.4) is 0 Å². The lowest BCUT2D eigenvalue weighted by molar-refractivity contribution is -0.123. The number of nitrogens with one attached hydrogen (secondary N) is 3. The zero-order valence-corrected chi connectivity index (χ0v) is 24.3. The van der Waals surface area contributed by atoms with Crippen LogP contribution < -0.4 is 25.6 Å². The molecule has 0 radical (unpaired) electrons. The summed E-state index contributed by atoms with van der Waals surface area (Å²) in [5, 5.41) is 2.47. The summed E-state index contributed by atoms with van der Waals surface area (Å²) in [4.78, 5) is 25.0. The molecule has 3 aromatic carbocycles. The van der Waals surface area contributed by atoms with E-state index in [0.29, 0.717) is 40.5 Å². The molecule has 37 heavy (non-hydrogen) atoms. The lowest BCUT2D eigenvalue weighted by Crippen LogP contribution is -2.49. The van der Waals surface area contributed by atoms with Gasteiger partial charge in [0.1, 0.15) is 11.5 Å². The highest BCUT2D eigenvalue weighted by molar-refractivity contribution is 9.10. The molecule has 3 aromatic rings. The quantitative estimate of drug-likeness (QED) is 0.205. The van der Waals surface area contributed by atoms with Gasteiger partial charge >= 0.3 is 0 Å². The van der Waals surface area contributed by atoms with Crippen molar-refractivity contribution in [1.82, 2.24) is 16.2 Å². The highest BCUT2D eigenvalue weighted by Crippen LogP contribution is 2.29. The summed E-state index contributed by atoms with van der Waals surface area (Å²) in [6.07, 6.45) is 0.699. The van der Waals surface area contributed by atoms with Gasteiger partial charge in [-0.1, -0.05) is 66.2 Å². The molecule has 0 aromatic heterocycles. The molecule has 3 N–H and O–H groups in total. The van der Waals surface area contributed by atoms with Gasteiger partial charge in [-0.05, 0) is 75.5 Å². The van der Waals surface area contributed by atoms with Crippen molar-refractivity contribution < 1.29 is 19.1 Å². The minimum atomic E-state index is -0.479. The first-order chi connectivity index (χ1) is 17.7. The van der Waals surface area contributed by atoms with Gasteiger partial charge in [0.05, 0.1) is 16.6 Å². The van der Waals surface area contributed by atoms with E-state index in [1.54, 1.807) is 18.2 Å². The van der Waals surface area contributed by atoms with E-state index in [2.05, 4.69) is 61.9 Å². The highest BCUT2D eigenvalue weighted by atomic mass is 79.9. The first-order valence-electron chi connectivity index (χ1n) is 11.5. The fourth-order valence-electron chi connectivity index (χ4n) is 3.23. The molecule has 10 heteroatoms. The largest absolute Gasteiger partial charge is 0.492 e. The van der Waals surface area contributed by atoms with Crippen molar-refractivity contribution in [1.29, 1.82) is 0 Å². The van der Waals surface area contributed by atoms with Crippen molar-refractivity contribution in [3.05, 3.63) is 92.4 Å². The van der Waals surface area contributed by atoms with Gasteiger partial charge in [0, 0.05) is 10.9 Å². The van der Waals surface area contributed by atoms with E-state index in [4.69, 9.17) is 21.7 Å². The maximum absolute atomic E-state index is 12.8. The number of amides is 2. The molecular weight excluding hydrogens is 622 g/mol. The Labute approximate surface area is 238 Å². The van der Waals surface area contributed by atoms with Gasteiger partial charge < -0.3 is 9.47 Å². The Kier molecular flexibility index (Phi) is 10.9. The number of ether oxygens (including phenoxy) is 2. The van der Waals surface area contributed by atoms with E-state index in [0.717, 1.165) is 15.6 Å². The molecule has 0 saturated carbocycles. The number of carbonyl (C=O) groups is 2. The Hall–Kier alpha value is -2.95. The average Bonchev–Trinajstić information content (AvgIpc) is 2.88. The standard InChI is InChI=1S/C27H27Br2N3O4S/c1-17(2)19-8-10-24(22(29)14-19)36-16-25(33)31-32-27(37)30-26(34)21-15-20(28)9-11-23(21)35-13-12-18-6-4-3-5-7-18/h3-11,14-15,17H,12-13,16H2,1-2H3,(H,31,33)(H2,30,32,34,37). The summed E-state index contributed by atoms with van der Waals surface area (Å²) in [5.41, 5.74) is 7.51. The van der Waals surface area contributed by atoms with Crippen molar-refractivity contribution in [2.45, 2.75) is 26.2 Å². The van der Waals surface area contributed by atoms with E-state index in [9.17, 15) is 9.59 Å². The van der Waals surface area contributed by atoms with Gasteiger partial charge in [-0.3, -0.25) is 25.8 Å². The first kappa shape index (κ1) is 28.6. The van der Waals surface area contributed by atoms with Gasteiger partial charge in [-0.15, -0.1) is 0 Å². The monoisotopic (exact) mass is 647 g/mol. The maximum atomic E-state index is 12.8. The maximum Gasteiger partial charge on any atom is 0.276 e. The summed E-state index contributed by atoms with van der Waals surface area (Å²) in [5.74, 6) is 0.399. The summed E-state index contributed by atoms with van der Waals surface area (Å²) in [7, 11) is 0. The van der Waals surface area contributed by atoms with Crippen molar-refractivity contribution in [2.24, 2.45) is 0 Å². The Morgan fingerprint density at radius 1 is 0.919 bits per heavy atom. The molecule has 194 valence electrons. The van der Waals surface area contributed by atoms with Crippen LogP contribution in [0.1, 0.15) is 41.3 Å². The number of hydrogen-bond acceptors (Lipinski definition) is 5. The van der Waals surface area contributed by atoms with Crippen molar-refractivity contribution in [2.75, 3.05) is 13.2 Å². The molecule has 3 rings (SSSR count). The van der Waals surface area contributed by atoms with Crippen LogP contribution in [0.4, 0.5) is 0 Å². The topological polar surface area (TPSA) is 88.7 Å². The fraction of sp³-hybridized carbons (Fsp3) is 0.222. The third-order valence-corrected chi connectivity index (χ3v) is 6.52. The SMILES string of the molecule is CC(C)c1ccc(OCC(=O)NNC(=S)NC(=O)c2cc(Br)ccc2OCCc2ccccc2)c(Br)c1. The molecule has 0 unspecified atom stereocenters. The molecule has 0 atom stereocenters. The number of benzene rings is 3. The van der Waals surface area contributed by atoms with Gasteiger partial charge in [0.2, 0.25) is 0 Å². The second kappa shape index (κ2) is 14.1.